The van der Waals surface area contributed by atoms with Crippen molar-refractivity contribution in [2.45, 2.75) is 31.5 Å². The maximum atomic E-state index is 13.4. The Morgan fingerprint density at radius 3 is 2.75 bits per heavy atom. The largest absolute Gasteiger partial charge is 0.347 e. The fourth-order valence-electron chi connectivity index (χ4n) is 3.89. The highest BCUT2D eigenvalue weighted by Gasteiger charge is 2.38. The van der Waals surface area contributed by atoms with Crippen molar-refractivity contribution in [3.05, 3.63) is 41.5 Å². The molecule has 1 N–H and O–H groups in total. The molecule has 146 valence electrons. The van der Waals surface area contributed by atoms with E-state index in [1.54, 1.807) is 4.90 Å². The fourth-order valence-corrected chi connectivity index (χ4v) is 3.89. The number of nitrogens with zero attached hydrogens (tertiary/aromatic N) is 6. The number of nitrogens with one attached hydrogen (secondary N) is 1. The molecule has 0 bridgehead atoms. The molecule has 9 nitrogen and oxygen atoms in total. The van der Waals surface area contributed by atoms with E-state index in [2.05, 4.69) is 25.4 Å². The summed E-state index contributed by atoms with van der Waals surface area (Å²) in [6, 6.07) is 2.79. The second-order valence-electron chi connectivity index (χ2n) is 7.45. The lowest BCUT2D eigenvalue weighted by Crippen LogP contribution is -2.53. The van der Waals surface area contributed by atoms with E-state index in [4.69, 9.17) is 0 Å². The monoisotopic (exact) mass is 385 g/mol. The Balaban J connectivity index is 1.37. The molecule has 2 amide bonds. The third-order valence-electron chi connectivity index (χ3n) is 5.56. The Hall–Kier alpha value is -2.88. The Morgan fingerprint density at radius 1 is 1.14 bits per heavy atom. The normalized spacial score (nSPS) is 21.8. The first-order valence-corrected chi connectivity index (χ1v) is 9.49. The summed E-state index contributed by atoms with van der Waals surface area (Å²) in [5, 5.41) is 11.3. The predicted octanol–water partition coefficient (Wildman–Crippen LogP) is 0.217. The quantitative estimate of drug-likeness (QED) is 0.760. The van der Waals surface area contributed by atoms with E-state index in [9.17, 15) is 14.0 Å². The van der Waals surface area contributed by atoms with Crippen molar-refractivity contribution in [2.75, 3.05) is 26.2 Å². The first-order valence-electron chi connectivity index (χ1n) is 9.49. The first kappa shape index (κ1) is 17.2. The molecule has 4 heterocycles. The Kier molecular flexibility index (Phi) is 4.08. The van der Waals surface area contributed by atoms with Gasteiger partial charge in [-0.3, -0.25) is 14.5 Å². The van der Waals surface area contributed by atoms with Crippen LogP contribution in [0.3, 0.4) is 0 Å². The molecular formula is C18H20FN7O2. The molecule has 10 heteroatoms. The Morgan fingerprint density at radius 2 is 1.96 bits per heavy atom. The van der Waals surface area contributed by atoms with Crippen LogP contribution in [0.15, 0.2) is 18.3 Å². The topological polar surface area (TPSA) is 96.3 Å². The second-order valence-corrected chi connectivity index (χ2v) is 7.45. The average molecular weight is 385 g/mol. The van der Waals surface area contributed by atoms with E-state index in [-0.39, 0.29) is 29.5 Å². The van der Waals surface area contributed by atoms with Crippen LogP contribution in [0.1, 0.15) is 45.7 Å². The highest BCUT2D eigenvalue weighted by atomic mass is 19.1. The van der Waals surface area contributed by atoms with E-state index in [0.717, 1.165) is 25.5 Å². The number of amides is 2. The minimum absolute atomic E-state index is 0.131. The van der Waals surface area contributed by atoms with Gasteiger partial charge in [-0.15, -0.1) is 10.2 Å². The molecule has 1 saturated heterocycles. The lowest BCUT2D eigenvalue weighted by Gasteiger charge is -2.43. The van der Waals surface area contributed by atoms with Crippen molar-refractivity contribution in [1.82, 2.24) is 34.9 Å². The molecule has 1 saturated carbocycles. The van der Waals surface area contributed by atoms with Gasteiger partial charge >= 0.3 is 0 Å². The zero-order valence-corrected chi connectivity index (χ0v) is 15.2. The third-order valence-corrected chi connectivity index (χ3v) is 5.56. The Labute approximate surface area is 160 Å². The molecule has 2 aromatic rings. The molecule has 1 atom stereocenters. The van der Waals surface area contributed by atoms with Gasteiger partial charge in [0, 0.05) is 56.6 Å². The predicted molar refractivity (Wildman–Crippen MR) is 94.9 cm³/mol. The molecule has 2 fully saturated rings. The van der Waals surface area contributed by atoms with Crippen LogP contribution in [0.4, 0.5) is 4.39 Å². The molecule has 1 aliphatic carbocycles. The van der Waals surface area contributed by atoms with Crippen LogP contribution in [-0.4, -0.2) is 73.6 Å². The maximum Gasteiger partial charge on any atom is 0.289 e. The summed E-state index contributed by atoms with van der Waals surface area (Å²) >= 11 is 0. The molecule has 3 aliphatic rings. The summed E-state index contributed by atoms with van der Waals surface area (Å²) in [5.74, 6) is -0.0602. The molecule has 28 heavy (non-hydrogen) atoms. The van der Waals surface area contributed by atoms with E-state index in [1.807, 2.05) is 4.57 Å². The molecule has 0 aromatic carbocycles. The number of carbonyl (C=O) groups is 2. The number of rotatable bonds is 3. The van der Waals surface area contributed by atoms with Gasteiger partial charge in [0.2, 0.25) is 11.8 Å². The first-order chi connectivity index (χ1) is 13.6. The fraction of sp³-hybridized carbons (Fsp3) is 0.500. The molecule has 0 unspecified atom stereocenters. The summed E-state index contributed by atoms with van der Waals surface area (Å²) in [7, 11) is 0. The lowest BCUT2D eigenvalue weighted by molar-refractivity contribution is 0.0372. The number of halogens is 1. The van der Waals surface area contributed by atoms with Crippen molar-refractivity contribution in [3.8, 4) is 0 Å². The van der Waals surface area contributed by atoms with Crippen LogP contribution in [0.5, 0.6) is 0 Å². The molecule has 2 aromatic heterocycles. The zero-order valence-electron chi connectivity index (χ0n) is 15.2. The van der Waals surface area contributed by atoms with Gasteiger partial charge in [0.15, 0.2) is 5.82 Å². The van der Waals surface area contributed by atoms with Gasteiger partial charge in [0.05, 0.1) is 6.04 Å². The van der Waals surface area contributed by atoms with Gasteiger partial charge in [-0.1, -0.05) is 0 Å². The van der Waals surface area contributed by atoms with Gasteiger partial charge in [-0.05, 0) is 18.9 Å². The molecule has 5 rings (SSSR count). The number of piperazine rings is 1. The van der Waals surface area contributed by atoms with Crippen molar-refractivity contribution in [1.29, 1.82) is 0 Å². The maximum absolute atomic E-state index is 13.4. The summed E-state index contributed by atoms with van der Waals surface area (Å²) < 4.78 is 15.2. The van der Waals surface area contributed by atoms with Gasteiger partial charge < -0.3 is 14.8 Å². The SMILES string of the molecule is O=C(NC1CC1)c1nnc2n1CCN1CCN(C(=O)c3ccnc(F)c3)C[C@@H]21. The van der Waals surface area contributed by atoms with Gasteiger partial charge in [-0.25, -0.2) is 4.98 Å². The summed E-state index contributed by atoms with van der Waals surface area (Å²) in [6.07, 6.45) is 3.31. The Bertz CT molecular complexity index is 942. The van der Waals surface area contributed by atoms with E-state index >= 15 is 0 Å². The molecule has 0 spiro atoms. The number of hydrogen-bond acceptors (Lipinski definition) is 6. The zero-order chi connectivity index (χ0) is 19.3. The number of carbonyl (C=O) groups excluding carboxylic acids is 2. The van der Waals surface area contributed by atoms with Gasteiger partial charge in [0.1, 0.15) is 0 Å². The van der Waals surface area contributed by atoms with Gasteiger partial charge in [-0.2, -0.15) is 4.39 Å². The summed E-state index contributed by atoms with van der Waals surface area (Å²) in [4.78, 5) is 32.7. The van der Waals surface area contributed by atoms with Crippen LogP contribution in [-0.2, 0) is 6.54 Å². The molecular weight excluding hydrogens is 365 g/mol. The van der Waals surface area contributed by atoms with Crippen LogP contribution >= 0.6 is 0 Å². The van der Waals surface area contributed by atoms with Crippen molar-refractivity contribution in [3.63, 3.8) is 0 Å². The number of aromatic nitrogens is 4. The third kappa shape index (κ3) is 3.03. The van der Waals surface area contributed by atoms with Crippen LogP contribution in [0.2, 0.25) is 0 Å². The number of hydrogen-bond donors (Lipinski definition) is 1. The second kappa shape index (κ2) is 6.62. The molecule has 2 aliphatic heterocycles. The minimum Gasteiger partial charge on any atom is -0.347 e. The number of fused-ring (bicyclic) bond motifs is 3. The standard InChI is InChI=1S/C18H20FN7O2/c19-14-9-11(3-4-20-14)18(28)25-6-5-24-7-8-26-15(13(24)10-25)22-23-16(26)17(27)21-12-1-2-12/h3-4,9,12-13H,1-2,5-8,10H2,(H,21,27)/t13-/m0/s1. The smallest absolute Gasteiger partial charge is 0.289 e. The summed E-state index contributed by atoms with van der Waals surface area (Å²) in [6.45, 7) is 3.09. The average Bonchev–Trinajstić information content (AvgIpc) is 3.40. The van der Waals surface area contributed by atoms with Crippen molar-refractivity contribution >= 4 is 11.8 Å². The molecule has 0 radical (unpaired) electrons. The van der Waals surface area contributed by atoms with Gasteiger partial charge in [0.25, 0.3) is 11.8 Å². The van der Waals surface area contributed by atoms with E-state index in [0.29, 0.717) is 37.8 Å². The van der Waals surface area contributed by atoms with Crippen LogP contribution in [0.25, 0.3) is 0 Å². The minimum atomic E-state index is -0.673. The highest BCUT2D eigenvalue weighted by Crippen LogP contribution is 2.29. The highest BCUT2D eigenvalue weighted by molar-refractivity contribution is 5.94. The summed E-state index contributed by atoms with van der Waals surface area (Å²) in [5.41, 5.74) is 0.280. The lowest BCUT2D eigenvalue weighted by atomic mass is 10.1. The van der Waals surface area contributed by atoms with E-state index in [1.165, 1.54) is 12.3 Å². The number of pyridine rings is 1. The van der Waals surface area contributed by atoms with Crippen LogP contribution < -0.4 is 5.32 Å². The van der Waals surface area contributed by atoms with E-state index < -0.39 is 5.95 Å². The van der Waals surface area contributed by atoms with Crippen LogP contribution in [0, 0.1) is 5.95 Å². The van der Waals surface area contributed by atoms with Crippen molar-refractivity contribution in [2.24, 2.45) is 0 Å². The van der Waals surface area contributed by atoms with Crippen molar-refractivity contribution < 1.29 is 14.0 Å².